The summed E-state index contributed by atoms with van der Waals surface area (Å²) in [6.45, 7) is 3.32. The first-order chi connectivity index (χ1) is 10.6. The number of carbonyl (C=O) groups is 2. The summed E-state index contributed by atoms with van der Waals surface area (Å²) >= 11 is 0. The minimum absolute atomic E-state index is 0.0596. The number of hydrogen-bond donors (Lipinski definition) is 1. The Labute approximate surface area is 129 Å². The fourth-order valence-electron chi connectivity index (χ4n) is 2.42. The smallest absolute Gasteiger partial charge is 0.328 e. The van der Waals surface area contributed by atoms with Gasteiger partial charge in [0.25, 0.3) is 0 Å². The maximum Gasteiger partial charge on any atom is 0.328 e. The first-order valence-corrected chi connectivity index (χ1v) is 7.43. The Balaban J connectivity index is 1.89. The van der Waals surface area contributed by atoms with Gasteiger partial charge in [-0.25, -0.2) is 4.79 Å². The molecule has 0 unspecified atom stereocenters. The highest BCUT2D eigenvalue weighted by atomic mass is 16.5. The molecule has 120 valence electrons. The Morgan fingerprint density at radius 1 is 1.36 bits per heavy atom. The van der Waals surface area contributed by atoms with E-state index in [9.17, 15) is 9.59 Å². The molecule has 1 atom stereocenters. The van der Waals surface area contributed by atoms with Crippen LogP contribution in [0.5, 0.6) is 5.75 Å². The van der Waals surface area contributed by atoms with Gasteiger partial charge in [-0.15, -0.1) is 0 Å². The fraction of sp³-hybridized carbons (Fsp3) is 0.500. The number of aryl methyl sites for hydroxylation is 1. The molecule has 0 aromatic heterocycles. The molecular weight excluding hydrogens is 286 g/mol. The van der Waals surface area contributed by atoms with Crippen LogP contribution in [0.3, 0.4) is 0 Å². The highest BCUT2D eigenvalue weighted by molar-refractivity contribution is 5.84. The quantitative estimate of drug-likeness (QED) is 0.858. The second kappa shape index (κ2) is 7.79. The van der Waals surface area contributed by atoms with E-state index in [0.717, 1.165) is 11.3 Å². The zero-order valence-corrected chi connectivity index (χ0v) is 12.7. The lowest BCUT2D eigenvalue weighted by molar-refractivity contribution is -0.158. The lowest BCUT2D eigenvalue weighted by Gasteiger charge is -2.32. The van der Waals surface area contributed by atoms with Crippen LogP contribution in [0.4, 0.5) is 0 Å². The van der Waals surface area contributed by atoms with Crippen LogP contribution >= 0.6 is 0 Å². The van der Waals surface area contributed by atoms with E-state index < -0.39 is 12.0 Å². The van der Waals surface area contributed by atoms with Gasteiger partial charge in [-0.3, -0.25) is 4.79 Å². The maximum atomic E-state index is 12.2. The van der Waals surface area contributed by atoms with Crippen molar-refractivity contribution in [3.8, 4) is 5.75 Å². The number of rotatable bonds is 6. The Hall–Kier alpha value is -2.08. The van der Waals surface area contributed by atoms with Crippen LogP contribution in [-0.4, -0.2) is 54.3 Å². The van der Waals surface area contributed by atoms with Gasteiger partial charge >= 0.3 is 5.97 Å². The van der Waals surface area contributed by atoms with E-state index in [1.165, 1.54) is 4.90 Å². The average Bonchev–Trinajstić information content (AvgIpc) is 2.54. The largest absolute Gasteiger partial charge is 0.494 e. The number of carboxylic acids is 1. The summed E-state index contributed by atoms with van der Waals surface area (Å²) < 4.78 is 10.5. The molecule has 22 heavy (non-hydrogen) atoms. The van der Waals surface area contributed by atoms with E-state index in [4.69, 9.17) is 14.6 Å². The van der Waals surface area contributed by atoms with Crippen molar-refractivity contribution in [2.45, 2.75) is 25.8 Å². The molecular formula is C16H21NO5. The Bertz CT molecular complexity index is 514. The van der Waals surface area contributed by atoms with Crippen molar-refractivity contribution in [2.75, 3.05) is 26.4 Å². The van der Waals surface area contributed by atoms with Crippen LogP contribution in [-0.2, 0) is 20.7 Å². The summed E-state index contributed by atoms with van der Waals surface area (Å²) in [4.78, 5) is 24.8. The molecule has 1 fully saturated rings. The normalized spacial score (nSPS) is 18.0. The van der Waals surface area contributed by atoms with E-state index >= 15 is 0 Å². The van der Waals surface area contributed by atoms with Crippen LogP contribution in [0.15, 0.2) is 24.3 Å². The van der Waals surface area contributed by atoms with Crippen LogP contribution in [0.1, 0.15) is 18.9 Å². The van der Waals surface area contributed by atoms with Gasteiger partial charge in [0.05, 0.1) is 19.8 Å². The molecule has 0 saturated carbocycles. The molecule has 1 amide bonds. The molecule has 1 aliphatic heterocycles. The van der Waals surface area contributed by atoms with Crippen molar-refractivity contribution in [1.29, 1.82) is 0 Å². The molecule has 1 aromatic rings. The van der Waals surface area contributed by atoms with Crippen molar-refractivity contribution in [2.24, 2.45) is 0 Å². The second-order valence-electron chi connectivity index (χ2n) is 5.09. The minimum atomic E-state index is -1.02. The van der Waals surface area contributed by atoms with E-state index in [-0.39, 0.29) is 18.9 Å². The van der Waals surface area contributed by atoms with E-state index in [0.29, 0.717) is 26.2 Å². The lowest BCUT2D eigenvalue weighted by Crippen LogP contribution is -2.52. The summed E-state index contributed by atoms with van der Waals surface area (Å²) in [5.41, 5.74) is 1.02. The Kier molecular flexibility index (Phi) is 5.77. The van der Waals surface area contributed by atoms with Crippen LogP contribution in [0, 0.1) is 0 Å². The SMILES string of the molecule is CCOc1ccc(CCC(=O)N2CCOC[C@@H]2C(=O)O)cc1. The van der Waals surface area contributed by atoms with E-state index in [2.05, 4.69) is 0 Å². The molecule has 0 spiro atoms. The molecule has 2 rings (SSSR count). The number of nitrogens with zero attached hydrogens (tertiary/aromatic N) is 1. The molecule has 0 bridgehead atoms. The van der Waals surface area contributed by atoms with Crippen molar-refractivity contribution < 1.29 is 24.2 Å². The molecule has 1 aliphatic rings. The van der Waals surface area contributed by atoms with Gasteiger partial charge in [0.2, 0.25) is 5.91 Å². The van der Waals surface area contributed by atoms with Crippen molar-refractivity contribution in [3.05, 3.63) is 29.8 Å². The highest BCUT2D eigenvalue weighted by Crippen LogP contribution is 2.15. The maximum absolute atomic E-state index is 12.2. The van der Waals surface area contributed by atoms with Crippen LogP contribution in [0.2, 0.25) is 0 Å². The second-order valence-corrected chi connectivity index (χ2v) is 5.09. The predicted molar refractivity (Wildman–Crippen MR) is 79.9 cm³/mol. The third kappa shape index (κ3) is 4.21. The van der Waals surface area contributed by atoms with Crippen molar-refractivity contribution >= 4 is 11.9 Å². The first-order valence-electron chi connectivity index (χ1n) is 7.43. The molecule has 6 heteroatoms. The average molecular weight is 307 g/mol. The standard InChI is InChI=1S/C16H21NO5/c1-2-22-13-6-3-12(4-7-13)5-8-15(18)17-9-10-21-11-14(17)16(19)20/h3-4,6-7,14H,2,5,8-11H2,1H3,(H,19,20)/t14-/m1/s1. The summed E-state index contributed by atoms with van der Waals surface area (Å²) in [5.74, 6) is -0.365. The molecule has 0 aliphatic carbocycles. The molecule has 1 aromatic carbocycles. The lowest BCUT2D eigenvalue weighted by atomic mass is 10.1. The summed E-state index contributed by atoms with van der Waals surface area (Å²) in [6.07, 6.45) is 0.868. The molecule has 1 N–H and O–H groups in total. The number of ether oxygens (including phenoxy) is 2. The fourth-order valence-corrected chi connectivity index (χ4v) is 2.42. The van der Waals surface area contributed by atoms with Crippen molar-refractivity contribution in [3.63, 3.8) is 0 Å². The molecule has 0 radical (unpaired) electrons. The first kappa shape index (κ1) is 16.3. The van der Waals surface area contributed by atoms with Gasteiger partial charge in [0.15, 0.2) is 6.04 Å². The minimum Gasteiger partial charge on any atom is -0.494 e. The zero-order chi connectivity index (χ0) is 15.9. The van der Waals surface area contributed by atoms with Gasteiger partial charge in [0, 0.05) is 13.0 Å². The molecule has 1 heterocycles. The third-order valence-corrected chi connectivity index (χ3v) is 3.60. The zero-order valence-electron chi connectivity index (χ0n) is 12.7. The monoisotopic (exact) mass is 307 g/mol. The number of carboxylic acid groups (broad SMARTS) is 1. The van der Waals surface area contributed by atoms with Gasteiger partial charge in [-0.2, -0.15) is 0 Å². The summed E-state index contributed by atoms with van der Waals surface area (Å²) in [6, 6.07) is 6.72. The highest BCUT2D eigenvalue weighted by Gasteiger charge is 2.32. The van der Waals surface area contributed by atoms with Gasteiger partial charge < -0.3 is 19.5 Å². The van der Waals surface area contributed by atoms with Crippen LogP contribution < -0.4 is 4.74 Å². The van der Waals surface area contributed by atoms with Crippen LogP contribution in [0.25, 0.3) is 0 Å². The number of amides is 1. The van der Waals surface area contributed by atoms with Gasteiger partial charge in [0.1, 0.15) is 5.75 Å². The topological polar surface area (TPSA) is 76.1 Å². The van der Waals surface area contributed by atoms with E-state index in [1.807, 2.05) is 31.2 Å². The summed E-state index contributed by atoms with van der Waals surface area (Å²) in [5, 5.41) is 9.14. The predicted octanol–water partition coefficient (Wildman–Crippen LogP) is 1.33. The van der Waals surface area contributed by atoms with Gasteiger partial charge in [-0.1, -0.05) is 12.1 Å². The Morgan fingerprint density at radius 2 is 2.09 bits per heavy atom. The number of aliphatic carboxylic acids is 1. The Morgan fingerprint density at radius 3 is 2.73 bits per heavy atom. The van der Waals surface area contributed by atoms with Gasteiger partial charge in [-0.05, 0) is 31.0 Å². The number of hydrogen-bond acceptors (Lipinski definition) is 4. The molecule has 1 saturated heterocycles. The van der Waals surface area contributed by atoms with Crippen molar-refractivity contribution in [1.82, 2.24) is 4.90 Å². The third-order valence-electron chi connectivity index (χ3n) is 3.60. The number of carbonyl (C=O) groups excluding carboxylic acids is 1. The summed E-state index contributed by atoms with van der Waals surface area (Å²) in [7, 11) is 0. The van der Waals surface area contributed by atoms with E-state index in [1.54, 1.807) is 0 Å². The number of morpholine rings is 1. The number of benzene rings is 1. The molecule has 6 nitrogen and oxygen atoms in total.